The summed E-state index contributed by atoms with van der Waals surface area (Å²) in [4.78, 5) is 10.9. The number of sulfonamides is 1. The number of nitrogens with one attached hydrogen (secondary N) is 2. The maximum atomic E-state index is 11.7. The van der Waals surface area contributed by atoms with Gasteiger partial charge in [0.15, 0.2) is 0 Å². The van der Waals surface area contributed by atoms with Gasteiger partial charge in [0.2, 0.25) is 15.9 Å². The van der Waals surface area contributed by atoms with Gasteiger partial charge >= 0.3 is 0 Å². The summed E-state index contributed by atoms with van der Waals surface area (Å²) < 4.78 is 26.2. The molecule has 0 aromatic carbocycles. The van der Waals surface area contributed by atoms with Gasteiger partial charge in [0.25, 0.3) is 0 Å². The van der Waals surface area contributed by atoms with Crippen molar-refractivity contribution in [2.24, 2.45) is 0 Å². The van der Waals surface area contributed by atoms with Crippen molar-refractivity contribution in [2.45, 2.75) is 23.1 Å². The first-order chi connectivity index (χ1) is 7.58. The molecule has 1 fully saturated rings. The van der Waals surface area contributed by atoms with Crippen LogP contribution in [0.5, 0.6) is 0 Å². The molecule has 1 unspecified atom stereocenters. The molecule has 7 heteroatoms. The Hall–Kier alpha value is -0.920. The lowest BCUT2D eigenvalue weighted by Gasteiger charge is -2.10. The molecule has 0 radical (unpaired) electrons. The van der Waals surface area contributed by atoms with Gasteiger partial charge in [0, 0.05) is 19.0 Å². The number of amides is 1. The van der Waals surface area contributed by atoms with Crippen LogP contribution in [0, 0.1) is 0 Å². The minimum absolute atomic E-state index is 0.0136. The second kappa shape index (κ2) is 4.52. The maximum Gasteiger partial charge on any atom is 0.250 e. The molecular formula is C9H12N2O3S2. The third kappa shape index (κ3) is 2.60. The average molecular weight is 260 g/mol. The van der Waals surface area contributed by atoms with Crippen LogP contribution in [0.2, 0.25) is 0 Å². The number of carbonyl (C=O) groups excluding carboxylic acids is 1. The number of rotatable bonds is 4. The molecule has 16 heavy (non-hydrogen) atoms. The molecule has 1 aromatic heterocycles. The van der Waals surface area contributed by atoms with Crippen LogP contribution in [-0.4, -0.2) is 26.9 Å². The molecule has 0 spiro atoms. The van der Waals surface area contributed by atoms with Gasteiger partial charge < -0.3 is 5.32 Å². The van der Waals surface area contributed by atoms with E-state index in [4.69, 9.17) is 0 Å². The van der Waals surface area contributed by atoms with E-state index in [0.717, 1.165) is 0 Å². The summed E-state index contributed by atoms with van der Waals surface area (Å²) in [5.41, 5.74) is 0. The molecule has 5 nitrogen and oxygen atoms in total. The summed E-state index contributed by atoms with van der Waals surface area (Å²) in [6.45, 7) is 0.256. The molecule has 1 aromatic rings. The van der Waals surface area contributed by atoms with E-state index in [-0.39, 0.29) is 18.5 Å². The lowest BCUT2D eigenvalue weighted by atomic mass is 10.2. The third-order valence-corrected chi connectivity index (χ3v) is 5.19. The second-order valence-corrected chi connectivity index (χ2v) is 6.53. The van der Waals surface area contributed by atoms with Crippen molar-refractivity contribution in [1.29, 1.82) is 0 Å². The normalized spacial score (nSPS) is 21.0. The van der Waals surface area contributed by atoms with Crippen molar-refractivity contribution < 1.29 is 13.2 Å². The molecule has 1 aliphatic heterocycles. The van der Waals surface area contributed by atoms with E-state index in [9.17, 15) is 13.2 Å². The van der Waals surface area contributed by atoms with Gasteiger partial charge in [-0.05, 0) is 17.9 Å². The standard InChI is InChI=1S/C9H12N2O3S2/c12-8-4-3-7(11-8)6-10-16(13,14)9-2-1-5-15-9/h1-2,5,7,10H,3-4,6H2,(H,11,12). The van der Waals surface area contributed by atoms with E-state index in [2.05, 4.69) is 10.0 Å². The van der Waals surface area contributed by atoms with Crippen molar-refractivity contribution in [3.05, 3.63) is 17.5 Å². The number of thiophene rings is 1. The molecule has 1 amide bonds. The molecular weight excluding hydrogens is 248 g/mol. The topological polar surface area (TPSA) is 75.3 Å². The monoisotopic (exact) mass is 260 g/mol. The zero-order valence-electron chi connectivity index (χ0n) is 8.47. The predicted octanol–water partition coefficient (Wildman–Crippen LogP) is 0.305. The Kier molecular flexibility index (Phi) is 3.27. The van der Waals surface area contributed by atoms with Crippen molar-refractivity contribution in [3.8, 4) is 0 Å². The lowest BCUT2D eigenvalue weighted by molar-refractivity contribution is -0.119. The van der Waals surface area contributed by atoms with E-state index >= 15 is 0 Å². The second-order valence-electron chi connectivity index (χ2n) is 3.59. The first-order valence-corrected chi connectivity index (χ1v) is 7.27. The molecule has 88 valence electrons. The minimum atomic E-state index is -3.40. The van der Waals surface area contributed by atoms with Crippen molar-refractivity contribution in [2.75, 3.05) is 6.54 Å². The van der Waals surface area contributed by atoms with Crippen LogP contribution >= 0.6 is 11.3 Å². The SMILES string of the molecule is O=C1CCC(CNS(=O)(=O)c2cccs2)N1. The maximum absolute atomic E-state index is 11.7. The lowest BCUT2D eigenvalue weighted by Crippen LogP contribution is -2.38. The third-order valence-electron chi connectivity index (χ3n) is 2.36. The Labute approximate surface area is 97.9 Å². The molecule has 2 N–H and O–H groups in total. The fraction of sp³-hybridized carbons (Fsp3) is 0.444. The highest BCUT2D eigenvalue weighted by molar-refractivity contribution is 7.91. The first-order valence-electron chi connectivity index (χ1n) is 4.90. The zero-order chi connectivity index (χ0) is 11.6. The Balaban J connectivity index is 1.93. The summed E-state index contributed by atoms with van der Waals surface area (Å²) >= 11 is 1.18. The van der Waals surface area contributed by atoms with E-state index in [0.29, 0.717) is 17.1 Å². The highest BCUT2D eigenvalue weighted by atomic mass is 32.2. The molecule has 2 heterocycles. The van der Waals surface area contributed by atoms with Gasteiger partial charge in [-0.3, -0.25) is 4.79 Å². The fourth-order valence-corrected chi connectivity index (χ4v) is 3.65. The summed E-state index contributed by atoms with van der Waals surface area (Å²) in [5, 5.41) is 4.42. The smallest absolute Gasteiger partial charge is 0.250 e. The Morgan fingerprint density at radius 2 is 2.38 bits per heavy atom. The van der Waals surface area contributed by atoms with Crippen LogP contribution in [0.15, 0.2) is 21.7 Å². The van der Waals surface area contributed by atoms with Gasteiger partial charge in [0.05, 0.1) is 0 Å². The molecule has 1 atom stereocenters. The number of hydrogen-bond donors (Lipinski definition) is 2. The van der Waals surface area contributed by atoms with E-state index in [1.807, 2.05) is 0 Å². The largest absolute Gasteiger partial charge is 0.352 e. The van der Waals surface area contributed by atoms with Crippen LogP contribution in [0.4, 0.5) is 0 Å². The summed E-state index contributed by atoms with van der Waals surface area (Å²) in [6.07, 6.45) is 1.16. The minimum Gasteiger partial charge on any atom is -0.352 e. The van der Waals surface area contributed by atoms with E-state index < -0.39 is 10.0 Å². The zero-order valence-corrected chi connectivity index (χ0v) is 10.1. The highest BCUT2D eigenvalue weighted by Gasteiger charge is 2.23. The van der Waals surface area contributed by atoms with Gasteiger partial charge in [-0.15, -0.1) is 11.3 Å². The van der Waals surface area contributed by atoms with E-state index in [1.54, 1.807) is 17.5 Å². The number of carbonyl (C=O) groups is 1. The molecule has 1 saturated heterocycles. The van der Waals surface area contributed by atoms with Gasteiger partial charge in [-0.2, -0.15) is 0 Å². The number of hydrogen-bond acceptors (Lipinski definition) is 4. The van der Waals surface area contributed by atoms with Crippen molar-refractivity contribution >= 4 is 27.3 Å². The van der Waals surface area contributed by atoms with Crippen LogP contribution in [0.1, 0.15) is 12.8 Å². The van der Waals surface area contributed by atoms with Crippen LogP contribution in [0.3, 0.4) is 0 Å². The van der Waals surface area contributed by atoms with Crippen molar-refractivity contribution in [1.82, 2.24) is 10.0 Å². The van der Waals surface area contributed by atoms with Crippen molar-refractivity contribution in [3.63, 3.8) is 0 Å². The molecule has 1 aliphatic rings. The van der Waals surface area contributed by atoms with Crippen LogP contribution in [0.25, 0.3) is 0 Å². The Morgan fingerprint density at radius 3 is 2.94 bits per heavy atom. The van der Waals surface area contributed by atoms with E-state index in [1.165, 1.54) is 11.3 Å². The fourth-order valence-electron chi connectivity index (χ4n) is 1.53. The molecule has 0 aliphatic carbocycles. The van der Waals surface area contributed by atoms with Gasteiger partial charge in [-0.1, -0.05) is 6.07 Å². The Bertz CT molecular complexity index is 467. The Morgan fingerprint density at radius 1 is 1.56 bits per heavy atom. The summed E-state index contributed by atoms with van der Waals surface area (Å²) in [7, 11) is -3.40. The quantitative estimate of drug-likeness (QED) is 0.818. The predicted molar refractivity (Wildman–Crippen MR) is 60.7 cm³/mol. The average Bonchev–Trinajstić information content (AvgIpc) is 2.85. The summed E-state index contributed by atoms with van der Waals surface area (Å²) in [6, 6.07) is 3.17. The first kappa shape index (κ1) is 11.6. The van der Waals surface area contributed by atoms with Crippen LogP contribution < -0.4 is 10.0 Å². The molecule has 2 rings (SSSR count). The van der Waals surface area contributed by atoms with Crippen LogP contribution in [-0.2, 0) is 14.8 Å². The van der Waals surface area contributed by atoms with Gasteiger partial charge in [-0.25, -0.2) is 13.1 Å². The molecule has 0 saturated carbocycles. The summed E-state index contributed by atoms with van der Waals surface area (Å²) in [5.74, 6) is -0.0136. The van der Waals surface area contributed by atoms with Gasteiger partial charge in [0.1, 0.15) is 4.21 Å². The molecule has 0 bridgehead atoms. The highest BCUT2D eigenvalue weighted by Crippen LogP contribution is 2.15.